The van der Waals surface area contributed by atoms with Gasteiger partial charge in [0.25, 0.3) is 0 Å². The lowest BCUT2D eigenvalue weighted by molar-refractivity contribution is -0.144. The normalized spacial score (nSPS) is 28.9. The maximum absolute atomic E-state index is 12.8. The van der Waals surface area contributed by atoms with Crippen LogP contribution in [0.2, 0.25) is 0 Å². The molecular formula is C15H26N4O2. The van der Waals surface area contributed by atoms with Crippen LogP contribution in [0.1, 0.15) is 25.7 Å². The van der Waals surface area contributed by atoms with Crippen LogP contribution < -0.4 is 5.32 Å². The number of nitrogens with zero attached hydrogens (tertiary/aromatic N) is 3. The third kappa shape index (κ3) is 2.66. The first-order chi connectivity index (χ1) is 10.0. The number of likely N-dealkylation sites (N-methyl/N-ethyl adjacent to an activating group) is 1. The minimum absolute atomic E-state index is 0.175. The second-order valence-electron chi connectivity index (χ2n) is 6.74. The maximum Gasteiger partial charge on any atom is 0.243 e. The SMILES string of the molecule is CN(C)C1(C(=O)N2CCCC(N3CCNCC3=O)C2)CC1. The molecule has 1 N–H and O–H groups in total. The van der Waals surface area contributed by atoms with Gasteiger partial charge < -0.3 is 15.1 Å². The Morgan fingerprint density at radius 3 is 2.71 bits per heavy atom. The summed E-state index contributed by atoms with van der Waals surface area (Å²) in [5, 5.41) is 3.11. The third-order valence-electron chi connectivity index (χ3n) is 5.23. The van der Waals surface area contributed by atoms with Gasteiger partial charge in [0.2, 0.25) is 11.8 Å². The van der Waals surface area contributed by atoms with E-state index in [1.165, 1.54) is 0 Å². The molecule has 2 aliphatic heterocycles. The average Bonchev–Trinajstić information content (AvgIpc) is 3.29. The van der Waals surface area contributed by atoms with Gasteiger partial charge in [-0.3, -0.25) is 14.5 Å². The molecule has 0 bridgehead atoms. The van der Waals surface area contributed by atoms with Gasteiger partial charge in [-0.2, -0.15) is 0 Å². The van der Waals surface area contributed by atoms with Crippen molar-refractivity contribution in [3.05, 3.63) is 0 Å². The van der Waals surface area contributed by atoms with Gasteiger partial charge in [0, 0.05) is 32.2 Å². The van der Waals surface area contributed by atoms with Crippen LogP contribution in [0.5, 0.6) is 0 Å². The molecule has 118 valence electrons. The summed E-state index contributed by atoms with van der Waals surface area (Å²) >= 11 is 0. The van der Waals surface area contributed by atoms with Crippen molar-refractivity contribution in [3.63, 3.8) is 0 Å². The summed E-state index contributed by atoms with van der Waals surface area (Å²) < 4.78 is 0. The van der Waals surface area contributed by atoms with Gasteiger partial charge in [0.15, 0.2) is 0 Å². The molecule has 3 rings (SSSR count). The molecule has 1 saturated carbocycles. The molecule has 3 fully saturated rings. The quantitative estimate of drug-likeness (QED) is 0.763. The minimum atomic E-state index is -0.255. The van der Waals surface area contributed by atoms with Gasteiger partial charge in [0.05, 0.1) is 6.54 Å². The Hall–Kier alpha value is -1.14. The molecule has 0 radical (unpaired) electrons. The maximum atomic E-state index is 12.8. The highest BCUT2D eigenvalue weighted by Crippen LogP contribution is 2.42. The molecule has 1 aliphatic carbocycles. The minimum Gasteiger partial charge on any atom is -0.339 e. The molecule has 1 unspecified atom stereocenters. The Labute approximate surface area is 126 Å². The first-order valence-corrected chi connectivity index (χ1v) is 8.01. The number of hydrogen-bond donors (Lipinski definition) is 1. The highest BCUT2D eigenvalue weighted by Gasteiger charge is 2.54. The topological polar surface area (TPSA) is 55.9 Å². The molecular weight excluding hydrogens is 268 g/mol. The van der Waals surface area contributed by atoms with Crippen LogP contribution in [0.4, 0.5) is 0 Å². The van der Waals surface area contributed by atoms with E-state index in [-0.39, 0.29) is 23.4 Å². The highest BCUT2D eigenvalue weighted by atomic mass is 16.2. The molecule has 2 heterocycles. The molecule has 0 aromatic carbocycles. The van der Waals surface area contributed by atoms with Gasteiger partial charge in [-0.1, -0.05) is 0 Å². The summed E-state index contributed by atoms with van der Waals surface area (Å²) in [7, 11) is 3.98. The number of nitrogens with one attached hydrogen (secondary N) is 1. The third-order valence-corrected chi connectivity index (χ3v) is 5.23. The van der Waals surface area contributed by atoms with Crippen molar-refractivity contribution >= 4 is 11.8 Å². The van der Waals surface area contributed by atoms with Gasteiger partial charge in [0.1, 0.15) is 5.54 Å². The summed E-state index contributed by atoms with van der Waals surface area (Å²) in [5.41, 5.74) is -0.255. The number of carbonyl (C=O) groups is 2. The van der Waals surface area contributed by atoms with Crippen LogP contribution in [-0.2, 0) is 9.59 Å². The summed E-state index contributed by atoms with van der Waals surface area (Å²) in [6, 6.07) is 0.204. The van der Waals surface area contributed by atoms with Crippen molar-refractivity contribution in [3.8, 4) is 0 Å². The van der Waals surface area contributed by atoms with Gasteiger partial charge in [-0.05, 0) is 39.8 Å². The number of amides is 2. The van der Waals surface area contributed by atoms with Gasteiger partial charge in [-0.25, -0.2) is 0 Å². The number of likely N-dealkylation sites (tertiary alicyclic amines) is 1. The molecule has 6 nitrogen and oxygen atoms in total. The van der Waals surface area contributed by atoms with Gasteiger partial charge in [-0.15, -0.1) is 0 Å². The zero-order chi connectivity index (χ0) is 15.0. The van der Waals surface area contributed by atoms with E-state index < -0.39 is 0 Å². The average molecular weight is 294 g/mol. The molecule has 0 aromatic heterocycles. The van der Waals surface area contributed by atoms with E-state index >= 15 is 0 Å². The van der Waals surface area contributed by atoms with E-state index in [1.807, 2.05) is 23.9 Å². The van der Waals surface area contributed by atoms with Crippen LogP contribution in [0.15, 0.2) is 0 Å². The smallest absolute Gasteiger partial charge is 0.243 e. The van der Waals surface area contributed by atoms with E-state index in [9.17, 15) is 9.59 Å². The second-order valence-corrected chi connectivity index (χ2v) is 6.74. The molecule has 2 saturated heterocycles. The molecule has 0 aromatic rings. The molecule has 21 heavy (non-hydrogen) atoms. The van der Waals surface area contributed by atoms with Crippen molar-refractivity contribution in [2.24, 2.45) is 0 Å². The molecule has 2 amide bonds. The molecule has 1 atom stereocenters. The predicted octanol–water partition coefficient (Wildman–Crippen LogP) is -0.497. The second kappa shape index (κ2) is 5.57. The molecule has 3 aliphatic rings. The Morgan fingerprint density at radius 2 is 2.10 bits per heavy atom. The number of piperazine rings is 1. The van der Waals surface area contributed by atoms with Crippen LogP contribution in [0.25, 0.3) is 0 Å². The zero-order valence-corrected chi connectivity index (χ0v) is 13.1. The van der Waals surface area contributed by atoms with Crippen LogP contribution >= 0.6 is 0 Å². The highest BCUT2D eigenvalue weighted by molar-refractivity contribution is 5.89. The Kier molecular flexibility index (Phi) is 3.92. The lowest BCUT2D eigenvalue weighted by atomic mass is 10.0. The van der Waals surface area contributed by atoms with Crippen LogP contribution in [-0.4, -0.2) is 84.9 Å². The Balaban J connectivity index is 1.66. The van der Waals surface area contributed by atoms with Crippen molar-refractivity contribution in [2.75, 3.05) is 46.8 Å². The van der Waals surface area contributed by atoms with Crippen LogP contribution in [0, 0.1) is 0 Å². The fourth-order valence-corrected chi connectivity index (χ4v) is 3.67. The lowest BCUT2D eigenvalue weighted by Crippen LogP contribution is -2.59. The summed E-state index contributed by atoms with van der Waals surface area (Å²) in [4.78, 5) is 30.9. The number of piperidine rings is 1. The van der Waals surface area contributed by atoms with Crippen molar-refractivity contribution in [1.29, 1.82) is 0 Å². The first kappa shape index (κ1) is 14.8. The monoisotopic (exact) mass is 294 g/mol. The zero-order valence-electron chi connectivity index (χ0n) is 13.1. The van der Waals surface area contributed by atoms with E-state index in [1.54, 1.807) is 0 Å². The lowest BCUT2D eigenvalue weighted by Gasteiger charge is -2.42. The van der Waals surface area contributed by atoms with E-state index in [0.29, 0.717) is 13.1 Å². The number of rotatable bonds is 3. The predicted molar refractivity (Wildman–Crippen MR) is 79.8 cm³/mol. The fourth-order valence-electron chi connectivity index (χ4n) is 3.67. The first-order valence-electron chi connectivity index (χ1n) is 8.01. The molecule has 0 spiro atoms. The van der Waals surface area contributed by atoms with E-state index in [0.717, 1.165) is 45.3 Å². The van der Waals surface area contributed by atoms with E-state index in [4.69, 9.17) is 0 Å². The summed E-state index contributed by atoms with van der Waals surface area (Å²) in [6.45, 7) is 3.61. The standard InChI is InChI=1S/C15H26N4O2/c1-17(2)15(5-6-15)14(21)18-8-3-4-12(11-18)19-9-7-16-10-13(19)20/h12,16H,3-11H2,1-2H3. The van der Waals surface area contributed by atoms with Crippen molar-refractivity contribution < 1.29 is 9.59 Å². The largest absolute Gasteiger partial charge is 0.339 e. The number of carbonyl (C=O) groups excluding carboxylic acids is 2. The van der Waals surface area contributed by atoms with Crippen LogP contribution in [0.3, 0.4) is 0 Å². The Bertz CT molecular complexity index is 433. The summed E-state index contributed by atoms with van der Waals surface area (Å²) in [5.74, 6) is 0.439. The van der Waals surface area contributed by atoms with E-state index in [2.05, 4.69) is 10.2 Å². The fraction of sp³-hybridized carbons (Fsp3) is 0.867. The molecule has 6 heteroatoms. The Morgan fingerprint density at radius 1 is 1.33 bits per heavy atom. The van der Waals surface area contributed by atoms with Crippen molar-refractivity contribution in [2.45, 2.75) is 37.3 Å². The van der Waals surface area contributed by atoms with Crippen molar-refractivity contribution in [1.82, 2.24) is 20.0 Å². The number of hydrogen-bond acceptors (Lipinski definition) is 4. The summed E-state index contributed by atoms with van der Waals surface area (Å²) in [6.07, 6.45) is 3.95. The van der Waals surface area contributed by atoms with Gasteiger partial charge >= 0.3 is 0 Å².